The summed E-state index contributed by atoms with van der Waals surface area (Å²) in [5, 5.41) is 14.4. The van der Waals surface area contributed by atoms with Crippen molar-refractivity contribution in [2.75, 3.05) is 10.2 Å². The quantitative estimate of drug-likeness (QED) is 0.145. The van der Waals surface area contributed by atoms with Crippen molar-refractivity contribution in [2.24, 2.45) is 11.8 Å². The number of nitro groups is 1. The number of para-hydroxylation sites is 2. The van der Waals surface area contributed by atoms with E-state index in [4.69, 9.17) is 0 Å². The van der Waals surface area contributed by atoms with Gasteiger partial charge in [-0.25, -0.2) is 0 Å². The molecule has 0 aromatic heterocycles. The zero-order chi connectivity index (χ0) is 31.5. The summed E-state index contributed by atoms with van der Waals surface area (Å²) in [5.74, 6) is -1.70. The fourth-order valence-electron chi connectivity index (χ4n) is 7.49. The lowest BCUT2D eigenvalue weighted by molar-refractivity contribution is -0.384. The third-order valence-electron chi connectivity index (χ3n) is 9.34. The van der Waals surface area contributed by atoms with Crippen LogP contribution in [-0.2, 0) is 16.6 Å². The number of nitrogens with one attached hydrogen (secondary N) is 1. The summed E-state index contributed by atoms with van der Waals surface area (Å²) in [7, 11) is 0. The van der Waals surface area contributed by atoms with Crippen LogP contribution in [0.1, 0.15) is 51.3 Å². The van der Waals surface area contributed by atoms with Crippen LogP contribution in [0.5, 0.6) is 0 Å². The molecule has 0 aliphatic carbocycles. The highest BCUT2D eigenvalue weighted by molar-refractivity contribution is 6.18. The van der Waals surface area contributed by atoms with Gasteiger partial charge in [0.05, 0.1) is 16.9 Å². The highest BCUT2D eigenvalue weighted by Crippen LogP contribution is 2.58. The minimum Gasteiger partial charge on any atom is -0.352 e. The molecule has 0 unspecified atom stereocenters. The highest BCUT2D eigenvalue weighted by atomic mass is 16.6. The van der Waals surface area contributed by atoms with Gasteiger partial charge in [0.1, 0.15) is 11.5 Å². The molecule has 3 heterocycles. The topological polar surface area (TPSA) is 110 Å². The molecule has 45 heavy (non-hydrogen) atoms. The largest absolute Gasteiger partial charge is 0.352 e. The molecule has 0 bridgehead atoms. The van der Waals surface area contributed by atoms with Crippen molar-refractivity contribution in [3.05, 3.63) is 141 Å². The van der Waals surface area contributed by atoms with Crippen molar-refractivity contribution in [1.29, 1.82) is 0 Å². The number of hydrogen-bond acceptors (Lipinski definition) is 6. The molecule has 7 rings (SSSR count). The zero-order valence-corrected chi connectivity index (χ0v) is 24.8. The van der Waals surface area contributed by atoms with Gasteiger partial charge in [-0.2, -0.15) is 0 Å². The summed E-state index contributed by atoms with van der Waals surface area (Å²) in [6.07, 6.45) is 4.74. The average molecular weight is 598 g/mol. The van der Waals surface area contributed by atoms with E-state index in [2.05, 4.69) is 19.2 Å². The van der Waals surface area contributed by atoms with Gasteiger partial charge >= 0.3 is 0 Å². The first-order valence-electron chi connectivity index (χ1n) is 15.1. The maximum absolute atomic E-state index is 15.0. The minimum absolute atomic E-state index is 0.142. The molecule has 8 heteroatoms. The van der Waals surface area contributed by atoms with Gasteiger partial charge in [0.25, 0.3) is 5.69 Å². The van der Waals surface area contributed by atoms with Crippen LogP contribution in [0, 0.1) is 22.0 Å². The van der Waals surface area contributed by atoms with Gasteiger partial charge in [-0.15, -0.1) is 0 Å². The molecule has 8 nitrogen and oxygen atoms in total. The minimum atomic E-state index is -1.42. The summed E-state index contributed by atoms with van der Waals surface area (Å²) in [5.41, 5.74) is 3.07. The van der Waals surface area contributed by atoms with E-state index in [0.717, 1.165) is 23.2 Å². The Morgan fingerprint density at radius 1 is 0.889 bits per heavy atom. The first kappa shape index (κ1) is 28.4. The fraction of sp³-hybridized carbons (Fsp3) is 0.216. The van der Waals surface area contributed by atoms with Crippen molar-refractivity contribution in [1.82, 2.24) is 0 Å². The van der Waals surface area contributed by atoms with E-state index >= 15 is 0 Å². The Kier molecular flexibility index (Phi) is 6.73. The van der Waals surface area contributed by atoms with Crippen LogP contribution in [0.25, 0.3) is 6.08 Å². The van der Waals surface area contributed by atoms with Crippen LogP contribution in [0.2, 0.25) is 0 Å². The lowest BCUT2D eigenvalue weighted by Crippen LogP contribution is -2.51. The molecule has 224 valence electrons. The zero-order valence-electron chi connectivity index (χ0n) is 24.8. The molecule has 3 aliphatic rings. The van der Waals surface area contributed by atoms with Crippen molar-refractivity contribution >= 4 is 40.6 Å². The van der Waals surface area contributed by atoms with Crippen LogP contribution in [0.3, 0.4) is 0 Å². The number of rotatable bonds is 7. The van der Waals surface area contributed by atoms with E-state index in [-0.39, 0.29) is 28.7 Å². The number of nitrogens with zero attached hydrogens (tertiary/aromatic N) is 2. The van der Waals surface area contributed by atoms with Gasteiger partial charge in [-0.3, -0.25) is 24.5 Å². The van der Waals surface area contributed by atoms with Crippen molar-refractivity contribution in [2.45, 2.75) is 37.8 Å². The molecule has 4 atom stereocenters. The number of anilines is 2. The van der Waals surface area contributed by atoms with E-state index < -0.39 is 28.3 Å². The first-order chi connectivity index (χ1) is 21.7. The Morgan fingerprint density at radius 3 is 2.24 bits per heavy atom. The summed E-state index contributed by atoms with van der Waals surface area (Å²) in [4.78, 5) is 57.0. The standard InChI is InChI=1S/C37H31N3O5/c1-22(2)21-23-11-13-25(14-12-23)34(41)32-33(35(42)26-15-18-27(19-16-26)40(44)45)39-30-10-6-3-7-24(30)17-20-31(39)37(32)28-8-4-5-9-29(28)38-36(37)43/h3-20,22,31-33H,21H2,1-2H3,(H,38,43)/t31-,32+,33-,37+/m1/s1. The molecule has 0 radical (unpaired) electrons. The van der Waals surface area contributed by atoms with Crippen LogP contribution in [-0.4, -0.2) is 34.5 Å². The molecule has 1 N–H and O–H groups in total. The smallest absolute Gasteiger partial charge is 0.269 e. The van der Waals surface area contributed by atoms with E-state index in [0.29, 0.717) is 22.7 Å². The highest BCUT2D eigenvalue weighted by Gasteiger charge is 2.70. The predicted molar refractivity (Wildman–Crippen MR) is 173 cm³/mol. The number of carbonyl (C=O) groups is 3. The van der Waals surface area contributed by atoms with Crippen molar-refractivity contribution in [3.63, 3.8) is 0 Å². The van der Waals surface area contributed by atoms with Gasteiger partial charge < -0.3 is 10.2 Å². The van der Waals surface area contributed by atoms with E-state index in [1.807, 2.05) is 77.7 Å². The van der Waals surface area contributed by atoms with Gasteiger partial charge in [0.2, 0.25) is 5.91 Å². The number of amides is 1. The number of carbonyl (C=O) groups excluding carboxylic acids is 3. The third-order valence-corrected chi connectivity index (χ3v) is 9.34. The maximum Gasteiger partial charge on any atom is 0.269 e. The van der Waals surface area contributed by atoms with Gasteiger partial charge in [-0.1, -0.05) is 86.7 Å². The molecule has 1 fully saturated rings. The fourth-order valence-corrected chi connectivity index (χ4v) is 7.49. The van der Waals surface area contributed by atoms with Crippen LogP contribution in [0.4, 0.5) is 17.1 Å². The Labute approximate surface area is 260 Å². The third kappa shape index (κ3) is 4.31. The van der Waals surface area contributed by atoms with Crippen LogP contribution in [0.15, 0.2) is 103 Å². The molecule has 4 aromatic rings. The van der Waals surface area contributed by atoms with E-state index in [1.54, 1.807) is 12.1 Å². The molecule has 4 aromatic carbocycles. The second kappa shape index (κ2) is 10.7. The molecule has 1 saturated heterocycles. The number of non-ortho nitro benzene ring substituents is 1. The Morgan fingerprint density at radius 2 is 1.53 bits per heavy atom. The van der Waals surface area contributed by atoms with E-state index in [1.165, 1.54) is 24.3 Å². The first-order valence-corrected chi connectivity index (χ1v) is 15.1. The Bertz CT molecular complexity index is 1900. The van der Waals surface area contributed by atoms with Gasteiger partial charge in [0, 0.05) is 34.6 Å². The molecule has 0 saturated carbocycles. The number of ketones is 2. The van der Waals surface area contributed by atoms with Gasteiger partial charge in [-0.05, 0) is 53.3 Å². The molecular formula is C37H31N3O5. The number of benzene rings is 4. The van der Waals surface area contributed by atoms with E-state index in [9.17, 15) is 24.5 Å². The van der Waals surface area contributed by atoms with Crippen LogP contribution < -0.4 is 10.2 Å². The SMILES string of the molecule is CC(C)Cc1ccc(C(=O)[C@@H]2[C@H](C(=O)c3ccc([N+](=O)[O-])cc3)N3c4ccccc4C=C[C@@H]3[C@]23C(=O)Nc2ccccc23)cc1. The van der Waals surface area contributed by atoms with Crippen LogP contribution >= 0.6 is 0 Å². The monoisotopic (exact) mass is 597 g/mol. The molecule has 1 amide bonds. The van der Waals surface area contributed by atoms with Gasteiger partial charge in [0.15, 0.2) is 11.6 Å². The maximum atomic E-state index is 15.0. The molecule has 3 aliphatic heterocycles. The van der Waals surface area contributed by atoms with Crippen molar-refractivity contribution < 1.29 is 19.3 Å². The summed E-state index contributed by atoms with van der Waals surface area (Å²) >= 11 is 0. The summed E-state index contributed by atoms with van der Waals surface area (Å²) in [6, 6.07) is 26.2. The molecular weight excluding hydrogens is 566 g/mol. The Balaban J connectivity index is 1.47. The second-order valence-corrected chi connectivity index (χ2v) is 12.4. The number of fused-ring (bicyclic) bond motifs is 6. The van der Waals surface area contributed by atoms with Crippen molar-refractivity contribution in [3.8, 4) is 0 Å². The summed E-state index contributed by atoms with van der Waals surface area (Å²) < 4.78 is 0. The lowest BCUT2D eigenvalue weighted by atomic mass is 9.64. The number of Topliss-reactive ketones (excluding diaryl/α,β-unsaturated/α-hetero) is 2. The average Bonchev–Trinajstić information content (AvgIpc) is 3.52. The number of nitro benzene ring substituents is 1. The summed E-state index contributed by atoms with van der Waals surface area (Å²) in [6.45, 7) is 4.26. The second-order valence-electron chi connectivity index (χ2n) is 12.4. The normalized spacial score (nSPS) is 22.6. The lowest BCUT2D eigenvalue weighted by Gasteiger charge is -2.37. The number of hydrogen-bond donors (Lipinski definition) is 1. The Hall–Kier alpha value is -5.37. The molecule has 1 spiro atoms. The predicted octanol–water partition coefficient (Wildman–Crippen LogP) is 6.65.